The molecule has 0 atom stereocenters. The smallest absolute Gasteiger partial charge is 0.234 e. The minimum atomic E-state index is 0.0477. The maximum Gasteiger partial charge on any atom is 0.234 e. The van der Waals surface area contributed by atoms with Gasteiger partial charge in [-0.25, -0.2) is 0 Å². The Bertz CT molecular complexity index is 425. The Morgan fingerprint density at radius 3 is 2.33 bits per heavy atom. The zero-order valence-electron chi connectivity index (χ0n) is 12.1. The Morgan fingerprint density at radius 1 is 1.11 bits per heavy atom. The van der Waals surface area contributed by atoms with Crippen molar-refractivity contribution in [2.24, 2.45) is 0 Å². The van der Waals surface area contributed by atoms with E-state index in [1.54, 1.807) is 0 Å². The fourth-order valence-electron chi connectivity index (χ4n) is 1.89. The number of nitrogens with one attached hydrogen (secondary N) is 2. The molecule has 0 fully saturated rings. The summed E-state index contributed by atoms with van der Waals surface area (Å²) >= 11 is 0. The molecule has 1 aromatic rings. The fraction of sp³-hybridized carbons (Fsp3) is 0.533. The normalized spacial score (nSPS) is 10.8. The van der Waals surface area contributed by atoms with Crippen LogP contribution in [0.5, 0.6) is 0 Å². The number of carbonyl (C=O) groups excluding carboxylic acids is 1. The Hall–Kier alpha value is -1.35. The number of hydrogen-bond donors (Lipinski definition) is 2. The van der Waals surface area contributed by atoms with Crippen LogP contribution in [0.1, 0.15) is 36.1 Å². The van der Waals surface area contributed by atoms with Crippen LogP contribution in [0.3, 0.4) is 0 Å². The highest BCUT2D eigenvalue weighted by molar-refractivity contribution is 5.78. The van der Waals surface area contributed by atoms with E-state index >= 15 is 0 Å². The lowest BCUT2D eigenvalue weighted by Crippen LogP contribution is -2.37. The van der Waals surface area contributed by atoms with Crippen LogP contribution in [0, 0.1) is 20.8 Å². The number of amides is 1. The molecule has 1 amide bonds. The predicted octanol–water partition coefficient (Wildman–Crippen LogP) is 2.23. The van der Waals surface area contributed by atoms with E-state index in [1.807, 2.05) is 13.8 Å². The van der Waals surface area contributed by atoms with Crippen molar-refractivity contribution >= 4 is 5.91 Å². The maximum atomic E-state index is 11.5. The summed E-state index contributed by atoms with van der Waals surface area (Å²) in [5.41, 5.74) is 5.14. The molecule has 0 aliphatic heterocycles. The van der Waals surface area contributed by atoms with E-state index in [4.69, 9.17) is 0 Å². The lowest BCUT2D eigenvalue weighted by molar-refractivity contribution is -0.120. The van der Waals surface area contributed by atoms with E-state index < -0.39 is 0 Å². The third kappa shape index (κ3) is 4.49. The number of benzene rings is 1. The average Bonchev–Trinajstić information content (AvgIpc) is 2.24. The molecule has 0 saturated heterocycles. The molecule has 0 radical (unpaired) electrons. The minimum Gasteiger partial charge on any atom is -0.353 e. The molecule has 3 nitrogen and oxygen atoms in total. The molecule has 0 spiro atoms. The van der Waals surface area contributed by atoms with Crippen molar-refractivity contribution in [2.45, 2.75) is 47.2 Å². The van der Waals surface area contributed by atoms with Crippen LogP contribution in [-0.4, -0.2) is 18.5 Å². The van der Waals surface area contributed by atoms with E-state index in [2.05, 4.69) is 43.5 Å². The van der Waals surface area contributed by atoms with Gasteiger partial charge < -0.3 is 10.6 Å². The maximum absolute atomic E-state index is 11.5. The van der Waals surface area contributed by atoms with Crippen LogP contribution < -0.4 is 10.6 Å². The standard InChI is InChI=1S/C15H24N2O/c1-10(2)17-15(18)9-16-8-14-7-12(4)11(3)6-13(14)5/h6-7,10,16H,8-9H2,1-5H3,(H,17,18). The Labute approximate surface area is 110 Å². The van der Waals surface area contributed by atoms with Crippen molar-refractivity contribution in [2.75, 3.05) is 6.54 Å². The summed E-state index contributed by atoms with van der Waals surface area (Å²) in [4.78, 5) is 11.5. The predicted molar refractivity (Wildman–Crippen MR) is 75.6 cm³/mol. The minimum absolute atomic E-state index is 0.0477. The first-order valence-corrected chi connectivity index (χ1v) is 6.47. The molecule has 18 heavy (non-hydrogen) atoms. The van der Waals surface area contributed by atoms with E-state index in [9.17, 15) is 4.79 Å². The summed E-state index contributed by atoms with van der Waals surface area (Å²) in [5.74, 6) is 0.0477. The Morgan fingerprint density at radius 2 is 1.72 bits per heavy atom. The van der Waals surface area contributed by atoms with Gasteiger partial charge in [-0.1, -0.05) is 12.1 Å². The van der Waals surface area contributed by atoms with Gasteiger partial charge in [0.05, 0.1) is 6.54 Å². The van der Waals surface area contributed by atoms with E-state index in [0.717, 1.165) is 6.54 Å². The van der Waals surface area contributed by atoms with Crippen LogP contribution >= 0.6 is 0 Å². The molecule has 0 unspecified atom stereocenters. The molecule has 1 aromatic carbocycles. The second-order valence-electron chi connectivity index (χ2n) is 5.19. The van der Waals surface area contributed by atoms with Gasteiger partial charge in [0.1, 0.15) is 0 Å². The first-order valence-electron chi connectivity index (χ1n) is 6.47. The van der Waals surface area contributed by atoms with Crippen molar-refractivity contribution in [1.29, 1.82) is 0 Å². The zero-order valence-corrected chi connectivity index (χ0v) is 12.1. The van der Waals surface area contributed by atoms with Gasteiger partial charge in [-0.05, 0) is 56.9 Å². The fourth-order valence-corrected chi connectivity index (χ4v) is 1.89. The summed E-state index contributed by atoms with van der Waals surface area (Å²) in [6.45, 7) is 11.4. The highest BCUT2D eigenvalue weighted by Gasteiger charge is 2.04. The van der Waals surface area contributed by atoms with Crippen LogP contribution in [-0.2, 0) is 11.3 Å². The zero-order chi connectivity index (χ0) is 13.7. The number of rotatable bonds is 5. The lowest BCUT2D eigenvalue weighted by Gasteiger charge is -2.12. The van der Waals surface area contributed by atoms with Crippen molar-refractivity contribution in [3.05, 3.63) is 34.4 Å². The molecule has 0 aromatic heterocycles. The summed E-state index contributed by atoms with van der Waals surface area (Å²) in [7, 11) is 0. The molecule has 0 bridgehead atoms. The topological polar surface area (TPSA) is 41.1 Å². The van der Waals surface area contributed by atoms with Crippen molar-refractivity contribution < 1.29 is 4.79 Å². The molecule has 1 rings (SSSR count). The van der Waals surface area contributed by atoms with Crippen molar-refractivity contribution in [1.82, 2.24) is 10.6 Å². The molecule has 0 aliphatic rings. The van der Waals surface area contributed by atoms with Crippen molar-refractivity contribution in [3.63, 3.8) is 0 Å². The number of carbonyl (C=O) groups is 1. The highest BCUT2D eigenvalue weighted by Crippen LogP contribution is 2.14. The third-order valence-corrected chi connectivity index (χ3v) is 3.00. The third-order valence-electron chi connectivity index (χ3n) is 3.00. The highest BCUT2D eigenvalue weighted by atomic mass is 16.1. The average molecular weight is 248 g/mol. The van der Waals surface area contributed by atoms with Crippen LogP contribution in [0.2, 0.25) is 0 Å². The van der Waals surface area contributed by atoms with Gasteiger partial charge >= 0.3 is 0 Å². The molecular formula is C15H24N2O. The van der Waals surface area contributed by atoms with Gasteiger partial charge in [-0.15, -0.1) is 0 Å². The summed E-state index contributed by atoms with van der Waals surface area (Å²) in [6.07, 6.45) is 0. The van der Waals surface area contributed by atoms with E-state index in [0.29, 0.717) is 6.54 Å². The van der Waals surface area contributed by atoms with Crippen LogP contribution in [0.15, 0.2) is 12.1 Å². The molecule has 0 saturated carbocycles. The van der Waals surface area contributed by atoms with E-state index in [-0.39, 0.29) is 11.9 Å². The molecule has 0 heterocycles. The van der Waals surface area contributed by atoms with Gasteiger partial charge in [0.15, 0.2) is 0 Å². The van der Waals surface area contributed by atoms with E-state index in [1.165, 1.54) is 22.3 Å². The first kappa shape index (κ1) is 14.7. The first-order chi connectivity index (χ1) is 8.40. The lowest BCUT2D eigenvalue weighted by atomic mass is 10.0. The van der Waals surface area contributed by atoms with Gasteiger partial charge in [-0.2, -0.15) is 0 Å². The molecular weight excluding hydrogens is 224 g/mol. The Kier molecular flexibility index (Phi) is 5.35. The molecule has 2 N–H and O–H groups in total. The summed E-state index contributed by atoms with van der Waals surface area (Å²) < 4.78 is 0. The summed E-state index contributed by atoms with van der Waals surface area (Å²) in [6, 6.07) is 4.58. The van der Waals surface area contributed by atoms with Gasteiger partial charge in [0, 0.05) is 12.6 Å². The molecule has 100 valence electrons. The SMILES string of the molecule is Cc1cc(C)c(CNCC(=O)NC(C)C)cc1C. The van der Waals surface area contributed by atoms with Gasteiger partial charge in [0.25, 0.3) is 0 Å². The second-order valence-corrected chi connectivity index (χ2v) is 5.19. The van der Waals surface area contributed by atoms with Crippen molar-refractivity contribution in [3.8, 4) is 0 Å². The second kappa shape index (κ2) is 6.55. The molecule has 0 aliphatic carbocycles. The van der Waals surface area contributed by atoms with Gasteiger partial charge in [-0.3, -0.25) is 4.79 Å². The molecule has 3 heteroatoms. The summed E-state index contributed by atoms with van der Waals surface area (Å²) in [5, 5.41) is 6.04. The van der Waals surface area contributed by atoms with Gasteiger partial charge in [0.2, 0.25) is 5.91 Å². The number of aryl methyl sites for hydroxylation is 3. The van der Waals surface area contributed by atoms with Crippen LogP contribution in [0.4, 0.5) is 0 Å². The monoisotopic (exact) mass is 248 g/mol. The quantitative estimate of drug-likeness (QED) is 0.839. The number of hydrogen-bond acceptors (Lipinski definition) is 2. The Balaban J connectivity index is 2.49. The van der Waals surface area contributed by atoms with Crippen LogP contribution in [0.25, 0.3) is 0 Å². The largest absolute Gasteiger partial charge is 0.353 e.